The Balaban J connectivity index is 1.33. The fourth-order valence-corrected chi connectivity index (χ4v) is 4.05. The predicted octanol–water partition coefficient (Wildman–Crippen LogP) is 1.70. The number of rotatable bonds is 4. The standard InChI is InChI=1S/C18H28N4O2/c1-12-10-22(14-5-7-21(2)8-6-14)11-16(12)19-18(23)15-9-17(24-20-15)13-3-4-13/h9,12-14,16H,3-8,10-11H2,1-2H3,(H,19,23)/t12-,16+/m0/s1. The van der Waals surface area contributed by atoms with Gasteiger partial charge in [-0.3, -0.25) is 9.69 Å². The minimum Gasteiger partial charge on any atom is -0.360 e. The minimum atomic E-state index is -0.0901. The van der Waals surface area contributed by atoms with Gasteiger partial charge in [-0.2, -0.15) is 0 Å². The van der Waals surface area contributed by atoms with Crippen molar-refractivity contribution in [3.63, 3.8) is 0 Å². The molecular formula is C18H28N4O2. The second-order valence-electron chi connectivity index (χ2n) is 7.93. The normalized spacial score (nSPS) is 29.9. The van der Waals surface area contributed by atoms with Crippen LogP contribution in [0.3, 0.4) is 0 Å². The Kier molecular flexibility index (Phi) is 4.35. The van der Waals surface area contributed by atoms with E-state index in [0.717, 1.165) is 31.7 Å². The molecule has 6 heteroatoms. The zero-order valence-electron chi connectivity index (χ0n) is 14.7. The highest BCUT2D eigenvalue weighted by atomic mass is 16.5. The molecular weight excluding hydrogens is 304 g/mol. The Labute approximate surface area is 143 Å². The summed E-state index contributed by atoms with van der Waals surface area (Å²) in [5.41, 5.74) is 0.432. The summed E-state index contributed by atoms with van der Waals surface area (Å²) in [5.74, 6) is 1.74. The molecule has 1 aromatic heterocycles. The number of aromatic nitrogens is 1. The maximum absolute atomic E-state index is 12.5. The van der Waals surface area contributed by atoms with E-state index in [1.165, 1.54) is 25.9 Å². The van der Waals surface area contributed by atoms with Crippen LogP contribution in [0, 0.1) is 5.92 Å². The lowest BCUT2D eigenvalue weighted by Crippen LogP contribution is -2.44. The van der Waals surface area contributed by atoms with Gasteiger partial charge in [-0.25, -0.2) is 0 Å². The van der Waals surface area contributed by atoms with E-state index in [0.29, 0.717) is 23.6 Å². The summed E-state index contributed by atoms with van der Waals surface area (Å²) >= 11 is 0. The number of hydrogen-bond acceptors (Lipinski definition) is 5. The number of amides is 1. The number of likely N-dealkylation sites (tertiary alicyclic amines) is 2. The van der Waals surface area contributed by atoms with Crippen LogP contribution in [0.4, 0.5) is 0 Å². The van der Waals surface area contributed by atoms with Crippen LogP contribution in [0.1, 0.15) is 54.8 Å². The summed E-state index contributed by atoms with van der Waals surface area (Å²) in [4.78, 5) is 17.4. The van der Waals surface area contributed by atoms with Gasteiger partial charge in [0.2, 0.25) is 0 Å². The van der Waals surface area contributed by atoms with E-state index in [-0.39, 0.29) is 11.9 Å². The van der Waals surface area contributed by atoms with E-state index >= 15 is 0 Å². The molecule has 1 N–H and O–H groups in total. The van der Waals surface area contributed by atoms with Crippen molar-refractivity contribution in [3.05, 3.63) is 17.5 Å². The van der Waals surface area contributed by atoms with Gasteiger partial charge in [0.1, 0.15) is 5.76 Å². The van der Waals surface area contributed by atoms with Crippen molar-refractivity contribution in [2.75, 3.05) is 33.2 Å². The lowest BCUT2D eigenvalue weighted by atomic mass is 10.0. The molecule has 1 aromatic rings. The average Bonchev–Trinajstić information content (AvgIpc) is 3.19. The van der Waals surface area contributed by atoms with Crippen molar-refractivity contribution >= 4 is 5.91 Å². The molecule has 2 saturated heterocycles. The molecule has 6 nitrogen and oxygen atoms in total. The zero-order valence-corrected chi connectivity index (χ0v) is 14.7. The van der Waals surface area contributed by atoms with Gasteiger partial charge >= 0.3 is 0 Å². The van der Waals surface area contributed by atoms with Crippen LogP contribution < -0.4 is 5.32 Å². The molecule has 0 radical (unpaired) electrons. The highest BCUT2D eigenvalue weighted by molar-refractivity contribution is 5.92. The predicted molar refractivity (Wildman–Crippen MR) is 91.0 cm³/mol. The zero-order chi connectivity index (χ0) is 16.7. The molecule has 3 aliphatic rings. The molecule has 1 saturated carbocycles. The summed E-state index contributed by atoms with van der Waals surface area (Å²) in [7, 11) is 2.19. The molecule has 0 bridgehead atoms. The Morgan fingerprint density at radius 3 is 2.71 bits per heavy atom. The number of carbonyl (C=O) groups is 1. The molecule has 0 unspecified atom stereocenters. The van der Waals surface area contributed by atoms with E-state index < -0.39 is 0 Å². The van der Waals surface area contributed by atoms with Gasteiger partial charge in [-0.05, 0) is 51.7 Å². The maximum atomic E-state index is 12.5. The third-order valence-electron chi connectivity index (χ3n) is 5.90. The SMILES string of the molecule is C[C@H]1CN(C2CCN(C)CC2)C[C@H]1NC(=O)c1cc(C2CC2)on1. The summed E-state index contributed by atoms with van der Waals surface area (Å²) in [5, 5.41) is 7.14. The first-order chi connectivity index (χ1) is 11.6. The Morgan fingerprint density at radius 2 is 2.00 bits per heavy atom. The summed E-state index contributed by atoms with van der Waals surface area (Å²) in [6, 6.07) is 2.69. The summed E-state index contributed by atoms with van der Waals surface area (Å²) in [6.45, 7) is 6.61. The van der Waals surface area contributed by atoms with Crippen LogP contribution >= 0.6 is 0 Å². The number of nitrogens with zero attached hydrogens (tertiary/aromatic N) is 3. The van der Waals surface area contributed by atoms with Gasteiger partial charge in [-0.15, -0.1) is 0 Å². The highest BCUT2D eigenvalue weighted by Crippen LogP contribution is 2.40. The fourth-order valence-electron chi connectivity index (χ4n) is 4.05. The molecule has 1 aliphatic carbocycles. The van der Waals surface area contributed by atoms with Gasteiger partial charge in [-0.1, -0.05) is 12.1 Å². The molecule has 3 fully saturated rings. The smallest absolute Gasteiger partial charge is 0.273 e. The number of nitrogens with one attached hydrogen (secondary N) is 1. The van der Waals surface area contributed by atoms with E-state index in [9.17, 15) is 4.79 Å². The van der Waals surface area contributed by atoms with Gasteiger partial charge in [0.25, 0.3) is 5.91 Å². The molecule has 2 aliphatic heterocycles. The van der Waals surface area contributed by atoms with Crippen LogP contribution in [0.25, 0.3) is 0 Å². The largest absolute Gasteiger partial charge is 0.360 e. The topological polar surface area (TPSA) is 61.6 Å². The van der Waals surface area contributed by atoms with Crippen LogP contribution in [-0.4, -0.2) is 66.2 Å². The van der Waals surface area contributed by atoms with Crippen molar-refractivity contribution < 1.29 is 9.32 Å². The molecule has 132 valence electrons. The summed E-state index contributed by atoms with van der Waals surface area (Å²) in [6.07, 6.45) is 4.78. The maximum Gasteiger partial charge on any atom is 0.273 e. The fraction of sp³-hybridized carbons (Fsp3) is 0.778. The molecule has 3 heterocycles. The average molecular weight is 332 g/mol. The van der Waals surface area contributed by atoms with Gasteiger partial charge in [0, 0.05) is 37.2 Å². The molecule has 4 rings (SSSR count). The van der Waals surface area contributed by atoms with Gasteiger partial charge in [0.15, 0.2) is 5.69 Å². The van der Waals surface area contributed by atoms with Crippen molar-refractivity contribution in [2.24, 2.45) is 5.92 Å². The number of hydrogen-bond donors (Lipinski definition) is 1. The second-order valence-corrected chi connectivity index (χ2v) is 7.93. The highest BCUT2D eigenvalue weighted by Gasteiger charge is 2.36. The van der Waals surface area contributed by atoms with E-state index in [2.05, 4.69) is 34.2 Å². The monoisotopic (exact) mass is 332 g/mol. The first-order valence-corrected chi connectivity index (χ1v) is 9.30. The Morgan fingerprint density at radius 1 is 1.25 bits per heavy atom. The summed E-state index contributed by atoms with van der Waals surface area (Å²) < 4.78 is 5.30. The van der Waals surface area contributed by atoms with Crippen LogP contribution in [0.5, 0.6) is 0 Å². The van der Waals surface area contributed by atoms with Crippen molar-refractivity contribution in [3.8, 4) is 0 Å². The van der Waals surface area contributed by atoms with Gasteiger partial charge in [0.05, 0.1) is 0 Å². The third-order valence-corrected chi connectivity index (χ3v) is 5.90. The second kappa shape index (κ2) is 6.48. The van der Waals surface area contributed by atoms with Crippen molar-refractivity contribution in [2.45, 2.75) is 50.6 Å². The van der Waals surface area contributed by atoms with Crippen LogP contribution in [-0.2, 0) is 0 Å². The van der Waals surface area contributed by atoms with Gasteiger partial charge < -0.3 is 14.7 Å². The first kappa shape index (κ1) is 16.1. The first-order valence-electron chi connectivity index (χ1n) is 9.30. The molecule has 0 aromatic carbocycles. The Bertz CT molecular complexity index is 590. The van der Waals surface area contributed by atoms with Crippen LogP contribution in [0.15, 0.2) is 10.6 Å². The number of carbonyl (C=O) groups excluding carboxylic acids is 1. The third kappa shape index (κ3) is 3.35. The van der Waals surface area contributed by atoms with E-state index in [1.54, 1.807) is 0 Å². The Hall–Kier alpha value is -1.40. The van der Waals surface area contributed by atoms with Crippen LogP contribution in [0.2, 0.25) is 0 Å². The molecule has 0 spiro atoms. The minimum absolute atomic E-state index is 0.0901. The van der Waals surface area contributed by atoms with E-state index in [4.69, 9.17) is 4.52 Å². The van der Waals surface area contributed by atoms with Crippen molar-refractivity contribution in [1.29, 1.82) is 0 Å². The number of piperidine rings is 1. The molecule has 2 atom stereocenters. The quantitative estimate of drug-likeness (QED) is 0.909. The lowest BCUT2D eigenvalue weighted by molar-refractivity contribution is 0.0918. The lowest BCUT2D eigenvalue weighted by Gasteiger charge is -2.35. The van der Waals surface area contributed by atoms with E-state index in [1.807, 2.05) is 6.07 Å². The molecule has 24 heavy (non-hydrogen) atoms. The van der Waals surface area contributed by atoms with Crippen molar-refractivity contribution in [1.82, 2.24) is 20.3 Å². The molecule has 1 amide bonds.